The van der Waals surface area contributed by atoms with Crippen LogP contribution in [0.1, 0.15) is 31.8 Å². The third-order valence-electron chi connectivity index (χ3n) is 3.48. The second-order valence-electron chi connectivity index (χ2n) is 4.36. The van der Waals surface area contributed by atoms with Crippen molar-refractivity contribution in [2.24, 2.45) is 0 Å². The standard InChI is InChI=1S/C14H10O4/c15-13(16)11-9-5-6-10(12(11)14(17)18)8-4-2-1-3-7(8)9/h1-4H,5-6H2,(H,15,16)(H,17,18). The third kappa shape index (κ3) is 1.26. The lowest BCUT2D eigenvalue weighted by atomic mass is 9.79. The molecule has 2 bridgehead atoms. The maximum atomic E-state index is 11.3. The molecule has 2 aromatic rings. The van der Waals surface area contributed by atoms with E-state index < -0.39 is 11.9 Å². The zero-order valence-corrected chi connectivity index (χ0v) is 9.43. The van der Waals surface area contributed by atoms with Crippen LogP contribution in [-0.2, 0) is 12.8 Å². The van der Waals surface area contributed by atoms with Gasteiger partial charge in [0.1, 0.15) is 0 Å². The number of carboxylic acid groups (broad SMARTS) is 2. The topological polar surface area (TPSA) is 74.6 Å². The van der Waals surface area contributed by atoms with E-state index in [4.69, 9.17) is 0 Å². The Kier molecular flexibility index (Phi) is 2.13. The molecule has 0 radical (unpaired) electrons. The summed E-state index contributed by atoms with van der Waals surface area (Å²) in [5, 5.41) is 20.2. The molecular formula is C14H10O4. The van der Waals surface area contributed by atoms with Crippen LogP contribution < -0.4 is 0 Å². The first-order chi connectivity index (χ1) is 8.61. The molecular weight excluding hydrogens is 232 g/mol. The van der Waals surface area contributed by atoms with E-state index in [0.717, 1.165) is 10.8 Å². The monoisotopic (exact) mass is 242 g/mol. The molecule has 0 atom stereocenters. The quantitative estimate of drug-likeness (QED) is 0.847. The average Bonchev–Trinajstić information content (AvgIpc) is 2.38. The molecule has 2 aliphatic carbocycles. The molecule has 0 saturated carbocycles. The van der Waals surface area contributed by atoms with E-state index in [1.807, 2.05) is 24.3 Å². The number of aryl methyl sites for hydroxylation is 2. The highest BCUT2D eigenvalue weighted by atomic mass is 16.4. The van der Waals surface area contributed by atoms with Gasteiger partial charge in [-0.3, -0.25) is 0 Å². The number of fused-ring (bicyclic) bond motifs is 2. The molecule has 2 N–H and O–H groups in total. The second kappa shape index (κ2) is 3.57. The Morgan fingerprint density at radius 3 is 1.56 bits per heavy atom. The summed E-state index contributed by atoms with van der Waals surface area (Å²) in [6.07, 6.45) is 1.20. The van der Waals surface area contributed by atoms with Crippen LogP contribution >= 0.6 is 0 Å². The molecule has 0 unspecified atom stereocenters. The summed E-state index contributed by atoms with van der Waals surface area (Å²) in [4.78, 5) is 22.6. The van der Waals surface area contributed by atoms with E-state index in [0.29, 0.717) is 24.0 Å². The van der Waals surface area contributed by atoms with Crippen molar-refractivity contribution in [1.29, 1.82) is 0 Å². The smallest absolute Gasteiger partial charge is 0.336 e. The highest BCUT2D eigenvalue weighted by Gasteiger charge is 2.30. The van der Waals surface area contributed by atoms with Crippen LogP contribution in [0.15, 0.2) is 24.3 Å². The van der Waals surface area contributed by atoms with Crippen LogP contribution in [0.3, 0.4) is 0 Å². The van der Waals surface area contributed by atoms with Crippen molar-refractivity contribution >= 4 is 22.7 Å². The average molecular weight is 242 g/mol. The van der Waals surface area contributed by atoms with Crippen molar-refractivity contribution in [1.82, 2.24) is 0 Å². The van der Waals surface area contributed by atoms with Gasteiger partial charge in [-0.1, -0.05) is 24.3 Å². The molecule has 0 heterocycles. The second-order valence-corrected chi connectivity index (χ2v) is 4.36. The van der Waals surface area contributed by atoms with Crippen LogP contribution in [0.4, 0.5) is 0 Å². The van der Waals surface area contributed by atoms with Gasteiger partial charge in [0.25, 0.3) is 0 Å². The molecule has 90 valence electrons. The van der Waals surface area contributed by atoms with Crippen molar-refractivity contribution in [3.63, 3.8) is 0 Å². The van der Waals surface area contributed by atoms with Crippen molar-refractivity contribution < 1.29 is 19.8 Å². The van der Waals surface area contributed by atoms with E-state index >= 15 is 0 Å². The Morgan fingerprint density at radius 1 is 0.833 bits per heavy atom. The zero-order chi connectivity index (χ0) is 12.9. The normalized spacial score (nSPS) is 12.9. The Bertz CT molecular complexity index is 640. The lowest BCUT2D eigenvalue weighted by molar-refractivity contribution is 0.0648. The Labute approximate surface area is 102 Å². The number of hydrogen-bond acceptors (Lipinski definition) is 2. The molecule has 0 fully saturated rings. The molecule has 0 amide bonds. The molecule has 4 nitrogen and oxygen atoms in total. The van der Waals surface area contributed by atoms with E-state index in [1.165, 1.54) is 0 Å². The van der Waals surface area contributed by atoms with Crippen LogP contribution in [0.25, 0.3) is 10.8 Å². The van der Waals surface area contributed by atoms with Gasteiger partial charge in [-0.15, -0.1) is 0 Å². The predicted molar refractivity (Wildman–Crippen MR) is 65.3 cm³/mol. The Morgan fingerprint density at radius 2 is 1.22 bits per heavy atom. The molecule has 4 rings (SSSR count). The number of carbonyl (C=O) groups is 2. The number of rotatable bonds is 2. The lowest BCUT2D eigenvalue weighted by Crippen LogP contribution is -2.20. The van der Waals surface area contributed by atoms with E-state index in [1.54, 1.807) is 0 Å². The highest BCUT2D eigenvalue weighted by Crippen LogP contribution is 2.37. The van der Waals surface area contributed by atoms with E-state index in [-0.39, 0.29) is 11.1 Å². The van der Waals surface area contributed by atoms with Crippen LogP contribution in [0, 0.1) is 0 Å². The fourth-order valence-corrected chi connectivity index (χ4v) is 2.82. The van der Waals surface area contributed by atoms with E-state index in [9.17, 15) is 19.8 Å². The first-order valence-corrected chi connectivity index (χ1v) is 5.64. The molecule has 0 spiro atoms. The van der Waals surface area contributed by atoms with Gasteiger partial charge in [-0.25, -0.2) is 9.59 Å². The van der Waals surface area contributed by atoms with Gasteiger partial charge in [0, 0.05) is 0 Å². The predicted octanol–water partition coefficient (Wildman–Crippen LogP) is 2.33. The fraction of sp³-hybridized carbons (Fsp3) is 0.143. The molecule has 2 aromatic carbocycles. The molecule has 4 heteroatoms. The summed E-state index contributed by atoms with van der Waals surface area (Å²) >= 11 is 0. The van der Waals surface area contributed by atoms with Crippen molar-refractivity contribution in [2.75, 3.05) is 0 Å². The SMILES string of the molecule is O=C(O)c1c(C(=O)O)c2c3ccccc3c1CC2. The van der Waals surface area contributed by atoms with Gasteiger partial charge >= 0.3 is 11.9 Å². The first-order valence-electron chi connectivity index (χ1n) is 5.64. The van der Waals surface area contributed by atoms with Gasteiger partial charge in [-0.05, 0) is 34.7 Å². The Balaban J connectivity index is 2.55. The van der Waals surface area contributed by atoms with Crippen LogP contribution in [0.2, 0.25) is 0 Å². The summed E-state index contributed by atoms with van der Waals surface area (Å²) < 4.78 is 0. The largest absolute Gasteiger partial charge is 0.478 e. The van der Waals surface area contributed by atoms with Crippen molar-refractivity contribution in [3.05, 3.63) is 46.5 Å². The minimum Gasteiger partial charge on any atom is -0.478 e. The first kappa shape index (κ1) is 10.8. The van der Waals surface area contributed by atoms with Crippen molar-refractivity contribution in [2.45, 2.75) is 12.8 Å². The summed E-state index contributed by atoms with van der Waals surface area (Å²) in [7, 11) is 0. The highest BCUT2D eigenvalue weighted by molar-refractivity contribution is 6.11. The summed E-state index contributed by atoms with van der Waals surface area (Å²) in [6.45, 7) is 0. The Hall–Kier alpha value is -2.36. The van der Waals surface area contributed by atoms with E-state index in [2.05, 4.69) is 0 Å². The maximum absolute atomic E-state index is 11.3. The number of carboxylic acids is 2. The minimum atomic E-state index is -1.16. The van der Waals surface area contributed by atoms with Gasteiger partial charge < -0.3 is 10.2 Å². The lowest BCUT2D eigenvalue weighted by Gasteiger charge is -2.23. The number of benzene rings is 2. The zero-order valence-electron chi connectivity index (χ0n) is 9.43. The number of aromatic carboxylic acids is 2. The summed E-state index contributed by atoms with van der Waals surface area (Å²) in [6, 6.07) is 7.39. The number of hydrogen-bond donors (Lipinski definition) is 2. The van der Waals surface area contributed by atoms with Gasteiger partial charge in [0.2, 0.25) is 0 Å². The van der Waals surface area contributed by atoms with Gasteiger partial charge in [0.15, 0.2) is 0 Å². The van der Waals surface area contributed by atoms with Crippen LogP contribution in [0.5, 0.6) is 0 Å². The third-order valence-corrected chi connectivity index (χ3v) is 3.48. The molecule has 0 aliphatic heterocycles. The molecule has 0 saturated heterocycles. The van der Waals surface area contributed by atoms with Gasteiger partial charge in [-0.2, -0.15) is 0 Å². The summed E-state index contributed by atoms with van der Waals surface area (Å²) in [5.74, 6) is -2.32. The van der Waals surface area contributed by atoms with Crippen molar-refractivity contribution in [3.8, 4) is 0 Å². The summed E-state index contributed by atoms with van der Waals surface area (Å²) in [5.41, 5.74) is 1.21. The molecule has 18 heavy (non-hydrogen) atoms. The van der Waals surface area contributed by atoms with Gasteiger partial charge in [0.05, 0.1) is 11.1 Å². The maximum Gasteiger partial charge on any atom is 0.336 e. The van der Waals surface area contributed by atoms with Crippen LogP contribution in [-0.4, -0.2) is 22.2 Å². The minimum absolute atomic E-state index is 0.0394. The molecule has 2 aliphatic rings. The fourth-order valence-electron chi connectivity index (χ4n) is 2.82. The molecule has 0 aromatic heterocycles.